The smallest absolute Gasteiger partial charge is 0.138 e. The minimum Gasteiger partial charge on any atom is -0.346 e. The number of aromatic nitrogens is 2. The molecule has 3 heteroatoms. The predicted molar refractivity (Wildman–Crippen MR) is 94.7 cm³/mol. The highest BCUT2D eigenvalue weighted by atomic mass is 19.1. The number of fused-ring (bicyclic) bond motifs is 1. The van der Waals surface area contributed by atoms with Gasteiger partial charge >= 0.3 is 0 Å². The van der Waals surface area contributed by atoms with E-state index in [1.165, 1.54) is 12.1 Å². The van der Waals surface area contributed by atoms with Crippen LogP contribution in [0.15, 0.2) is 49.2 Å². The Morgan fingerprint density at radius 1 is 1.26 bits per heavy atom. The van der Waals surface area contributed by atoms with Crippen LogP contribution in [0.25, 0.3) is 22.2 Å². The van der Waals surface area contributed by atoms with Crippen molar-refractivity contribution in [3.63, 3.8) is 0 Å². The average Bonchev–Trinajstić information content (AvgIpc) is 2.98. The molecule has 0 unspecified atom stereocenters. The van der Waals surface area contributed by atoms with Crippen molar-refractivity contribution in [1.29, 1.82) is 0 Å². The molecule has 23 heavy (non-hydrogen) atoms. The lowest BCUT2D eigenvalue weighted by Crippen LogP contribution is -1.98. The molecule has 0 spiro atoms. The zero-order valence-electron chi connectivity index (χ0n) is 13.6. The van der Waals surface area contributed by atoms with Crippen LogP contribution in [0.4, 0.5) is 4.39 Å². The van der Waals surface area contributed by atoms with E-state index in [2.05, 4.69) is 17.6 Å². The van der Waals surface area contributed by atoms with Crippen molar-refractivity contribution in [2.24, 2.45) is 0 Å². The van der Waals surface area contributed by atoms with Gasteiger partial charge in [0.15, 0.2) is 0 Å². The lowest BCUT2D eigenvalue weighted by Gasteiger charge is -2.13. The molecule has 1 N–H and O–H groups in total. The van der Waals surface area contributed by atoms with Gasteiger partial charge in [-0.25, -0.2) is 9.37 Å². The molecule has 2 aromatic heterocycles. The third kappa shape index (κ3) is 2.82. The predicted octanol–water partition coefficient (Wildman–Crippen LogP) is 5.50. The fourth-order valence-corrected chi connectivity index (χ4v) is 2.72. The zero-order valence-corrected chi connectivity index (χ0v) is 13.6. The number of halogens is 1. The third-order valence-corrected chi connectivity index (χ3v) is 4.07. The first-order chi connectivity index (χ1) is 11.0. The highest BCUT2D eigenvalue weighted by molar-refractivity contribution is 5.89. The van der Waals surface area contributed by atoms with E-state index in [1.54, 1.807) is 0 Å². The Bertz CT molecular complexity index is 912. The maximum Gasteiger partial charge on any atom is 0.138 e. The Morgan fingerprint density at radius 3 is 2.74 bits per heavy atom. The summed E-state index contributed by atoms with van der Waals surface area (Å²) in [4.78, 5) is 7.85. The van der Waals surface area contributed by atoms with Crippen molar-refractivity contribution in [3.8, 4) is 0 Å². The van der Waals surface area contributed by atoms with Gasteiger partial charge in [-0.2, -0.15) is 0 Å². The topological polar surface area (TPSA) is 28.7 Å². The Balaban J connectivity index is 2.22. The molecule has 0 aliphatic carbocycles. The van der Waals surface area contributed by atoms with E-state index in [1.807, 2.05) is 45.2 Å². The summed E-state index contributed by atoms with van der Waals surface area (Å²) in [5.74, 6) is -0.258. The fraction of sp³-hybridized carbons (Fsp3) is 0.150. The quantitative estimate of drug-likeness (QED) is 0.680. The van der Waals surface area contributed by atoms with E-state index in [0.29, 0.717) is 0 Å². The Hall–Kier alpha value is -2.68. The molecule has 2 nitrogen and oxygen atoms in total. The Morgan fingerprint density at radius 2 is 2.04 bits per heavy atom. The molecular weight excluding hydrogens is 287 g/mol. The van der Waals surface area contributed by atoms with Gasteiger partial charge in [-0.05, 0) is 61.7 Å². The molecule has 116 valence electrons. The highest BCUT2D eigenvalue weighted by Crippen LogP contribution is 2.30. The molecular formula is C20H19FN2. The first kappa shape index (κ1) is 15.2. The molecule has 0 saturated carbocycles. The number of hydrogen-bond acceptors (Lipinski definition) is 1. The number of nitrogens with one attached hydrogen (secondary N) is 1. The molecule has 0 aliphatic rings. The summed E-state index contributed by atoms with van der Waals surface area (Å²) in [5, 5.41) is 1.05. The second-order valence-corrected chi connectivity index (χ2v) is 5.77. The number of aromatic amines is 1. The fourth-order valence-electron chi connectivity index (χ4n) is 2.72. The van der Waals surface area contributed by atoms with Crippen molar-refractivity contribution in [2.75, 3.05) is 0 Å². The van der Waals surface area contributed by atoms with Crippen LogP contribution in [0.1, 0.15) is 36.2 Å². The van der Waals surface area contributed by atoms with E-state index in [-0.39, 0.29) is 5.82 Å². The lowest BCUT2D eigenvalue weighted by atomic mass is 9.95. The van der Waals surface area contributed by atoms with Crippen LogP contribution in [-0.2, 0) is 0 Å². The summed E-state index contributed by atoms with van der Waals surface area (Å²) in [5.41, 5.74) is 6.07. The van der Waals surface area contributed by atoms with Crippen LogP contribution in [-0.4, -0.2) is 9.97 Å². The Kier molecular flexibility index (Phi) is 3.87. The minimum absolute atomic E-state index is 0.258. The summed E-state index contributed by atoms with van der Waals surface area (Å²) >= 11 is 0. The van der Waals surface area contributed by atoms with Crippen LogP contribution in [0, 0.1) is 12.7 Å². The second kappa shape index (κ2) is 5.84. The van der Waals surface area contributed by atoms with E-state index >= 15 is 0 Å². The number of hydrogen-bond donors (Lipinski definition) is 1. The summed E-state index contributed by atoms with van der Waals surface area (Å²) in [7, 11) is 0. The molecule has 2 heterocycles. The molecule has 0 aliphatic heterocycles. The van der Waals surface area contributed by atoms with Gasteiger partial charge in [0, 0.05) is 22.7 Å². The van der Waals surface area contributed by atoms with E-state index in [9.17, 15) is 4.39 Å². The van der Waals surface area contributed by atoms with E-state index < -0.39 is 0 Å². The summed E-state index contributed by atoms with van der Waals surface area (Å²) < 4.78 is 13.8. The Labute approximate surface area is 135 Å². The van der Waals surface area contributed by atoms with Crippen molar-refractivity contribution in [2.45, 2.75) is 20.8 Å². The van der Waals surface area contributed by atoms with Gasteiger partial charge in [0.05, 0.1) is 5.69 Å². The molecule has 0 fully saturated rings. The molecule has 0 amide bonds. The monoisotopic (exact) mass is 306 g/mol. The van der Waals surface area contributed by atoms with Gasteiger partial charge in [-0.1, -0.05) is 18.7 Å². The van der Waals surface area contributed by atoms with Gasteiger partial charge in [0.1, 0.15) is 11.5 Å². The zero-order chi connectivity index (χ0) is 16.6. The maximum atomic E-state index is 13.8. The number of allylic oxidation sites excluding steroid dienone is 2. The van der Waals surface area contributed by atoms with Crippen LogP contribution in [0.5, 0.6) is 0 Å². The first-order valence-corrected chi connectivity index (χ1v) is 7.58. The summed E-state index contributed by atoms with van der Waals surface area (Å²) in [6.07, 6.45) is 3.91. The first-order valence-electron chi connectivity index (χ1n) is 7.58. The number of H-pyrrole nitrogens is 1. The van der Waals surface area contributed by atoms with Gasteiger partial charge in [-0.15, -0.1) is 0 Å². The highest BCUT2D eigenvalue weighted by Gasteiger charge is 2.14. The van der Waals surface area contributed by atoms with Crippen molar-refractivity contribution < 1.29 is 4.39 Å². The van der Waals surface area contributed by atoms with Gasteiger partial charge in [-0.3, -0.25) is 0 Å². The van der Waals surface area contributed by atoms with E-state index in [0.717, 1.165) is 44.6 Å². The maximum absolute atomic E-state index is 13.8. The van der Waals surface area contributed by atoms with Crippen molar-refractivity contribution in [3.05, 3.63) is 77.4 Å². The van der Waals surface area contributed by atoms with Gasteiger partial charge in [0.25, 0.3) is 0 Å². The number of pyridine rings is 1. The molecule has 3 aromatic rings. The lowest BCUT2D eigenvalue weighted by molar-refractivity contribution is 0.626. The number of benzene rings is 1. The van der Waals surface area contributed by atoms with Crippen LogP contribution < -0.4 is 0 Å². The average molecular weight is 306 g/mol. The molecule has 0 atom stereocenters. The second-order valence-electron chi connectivity index (χ2n) is 5.77. The van der Waals surface area contributed by atoms with Gasteiger partial charge < -0.3 is 4.98 Å². The molecule has 0 radical (unpaired) electrons. The van der Waals surface area contributed by atoms with Crippen LogP contribution >= 0.6 is 0 Å². The molecule has 3 rings (SSSR count). The normalized spacial score (nSPS) is 11.9. The largest absolute Gasteiger partial charge is 0.346 e. The van der Waals surface area contributed by atoms with Gasteiger partial charge in [0.2, 0.25) is 0 Å². The van der Waals surface area contributed by atoms with Crippen LogP contribution in [0.3, 0.4) is 0 Å². The summed E-state index contributed by atoms with van der Waals surface area (Å²) in [6, 6.07) is 9.04. The van der Waals surface area contributed by atoms with E-state index in [4.69, 9.17) is 4.98 Å². The molecule has 0 bridgehead atoms. The van der Waals surface area contributed by atoms with Crippen molar-refractivity contribution in [1.82, 2.24) is 9.97 Å². The SMILES string of the molecule is C=C(c1cc(C)cc(F)c1)c1nc2[nH]ccc2cc1C(C)=CC. The van der Waals surface area contributed by atoms with Crippen molar-refractivity contribution >= 4 is 22.2 Å². The molecule has 1 aromatic carbocycles. The minimum atomic E-state index is -0.258. The number of nitrogens with zero attached hydrogens (tertiary/aromatic N) is 1. The third-order valence-electron chi connectivity index (χ3n) is 4.07. The number of aryl methyl sites for hydroxylation is 1. The van der Waals surface area contributed by atoms with Crippen LogP contribution in [0.2, 0.25) is 0 Å². The summed E-state index contributed by atoms with van der Waals surface area (Å²) in [6.45, 7) is 10.1. The standard InChI is InChI=1S/C20H19FN2/c1-5-13(3)18-11-15-6-7-22-20(15)23-19(18)14(4)16-8-12(2)9-17(21)10-16/h5-11H,4H2,1-3H3,(H,22,23). The molecule has 0 saturated heterocycles. The number of rotatable bonds is 3.